The van der Waals surface area contributed by atoms with E-state index in [0.717, 1.165) is 27.8 Å². The SMILES string of the molecule is [Bk].[CH2-]n1c(-c2ccc(-c3ccc4c(c3)c3ccccc3n4-c3ccccc3)cc2)nc2c3ccccc3c3ccccc3c21. The molecule has 0 saturated carbocycles. The number of hydrogen-bond acceptors (Lipinski definition) is 1. The third-order valence-corrected chi connectivity index (χ3v) is 8.79. The zero-order valence-corrected chi connectivity index (χ0v) is 26.5. The fourth-order valence-corrected chi connectivity index (χ4v) is 6.80. The average molecular weight is 796 g/mol. The molecule has 0 bridgehead atoms. The van der Waals surface area contributed by atoms with Crippen molar-refractivity contribution in [1.82, 2.24) is 14.1 Å². The van der Waals surface area contributed by atoms with Crippen LogP contribution >= 0.6 is 0 Å². The largest absolute Gasteiger partial charge is 0.464 e. The van der Waals surface area contributed by atoms with E-state index in [-0.39, 0.29) is 0 Å². The van der Waals surface area contributed by atoms with Gasteiger partial charge in [0.1, 0.15) is 0 Å². The van der Waals surface area contributed by atoms with Crippen molar-refractivity contribution >= 4 is 54.4 Å². The van der Waals surface area contributed by atoms with Crippen LogP contribution in [0.4, 0.5) is 0 Å². The van der Waals surface area contributed by atoms with Gasteiger partial charge in [-0.05, 0) is 74.1 Å². The van der Waals surface area contributed by atoms with Gasteiger partial charge in [0.2, 0.25) is 0 Å². The van der Waals surface area contributed by atoms with Crippen LogP contribution in [0.2, 0.25) is 0 Å². The van der Waals surface area contributed by atoms with Crippen molar-refractivity contribution in [3.63, 3.8) is 0 Å². The van der Waals surface area contributed by atoms with Crippen molar-refractivity contribution in [2.75, 3.05) is 0 Å². The first-order valence-electron chi connectivity index (χ1n) is 14.6. The molecule has 0 aliphatic rings. The first-order chi connectivity index (χ1) is 21.3. The fraction of sp³-hybridized carbons (Fsp3) is 0. The third kappa shape index (κ3) is 3.45. The Morgan fingerprint density at radius 3 is 1.75 bits per heavy atom. The molecule has 0 N–H and O–H groups in total. The number of hydrogen-bond donors (Lipinski definition) is 0. The van der Waals surface area contributed by atoms with Gasteiger partial charge in [0.25, 0.3) is 0 Å². The summed E-state index contributed by atoms with van der Waals surface area (Å²) < 4.78 is 4.35. The van der Waals surface area contributed by atoms with E-state index in [1.54, 1.807) is 0 Å². The molecule has 0 fully saturated rings. The van der Waals surface area contributed by atoms with Crippen molar-refractivity contribution in [1.29, 1.82) is 0 Å². The predicted molar refractivity (Wildman–Crippen MR) is 181 cm³/mol. The Kier molecular flexibility index (Phi) is 5.31. The number of rotatable bonds is 3. The van der Waals surface area contributed by atoms with E-state index in [2.05, 4.69) is 157 Å². The number of fused-ring (bicyclic) bond motifs is 9. The molecular weight excluding hydrogens is 769 g/mol. The molecule has 4 heteroatoms. The van der Waals surface area contributed by atoms with Crippen LogP contribution in [0, 0.1) is 7.05 Å². The van der Waals surface area contributed by atoms with Gasteiger partial charge in [0.15, 0.2) is 0 Å². The van der Waals surface area contributed by atoms with Gasteiger partial charge in [0, 0.05) is 27.8 Å². The smallest absolute Gasteiger partial charge is 0.0541 e. The molecule has 0 atom stereocenters. The number of aromatic nitrogens is 3. The third-order valence-electron chi connectivity index (χ3n) is 8.79. The van der Waals surface area contributed by atoms with E-state index < -0.39 is 0 Å². The van der Waals surface area contributed by atoms with Gasteiger partial charge in [0.05, 0.1) is 11.0 Å². The average Bonchev–Trinajstić information content (AvgIpc) is 3.60. The molecule has 3 nitrogen and oxygen atoms in total. The van der Waals surface area contributed by atoms with Crippen LogP contribution in [0.25, 0.3) is 82.6 Å². The zero-order valence-electron chi connectivity index (χ0n) is 23.7. The van der Waals surface area contributed by atoms with Crippen LogP contribution in [0.5, 0.6) is 0 Å². The molecule has 0 aliphatic heterocycles. The predicted octanol–water partition coefficient (Wildman–Crippen LogP) is 10.4. The molecule has 2 heterocycles. The summed E-state index contributed by atoms with van der Waals surface area (Å²) >= 11 is 0. The van der Waals surface area contributed by atoms with Crippen LogP contribution in [0.3, 0.4) is 0 Å². The second-order valence-electron chi connectivity index (χ2n) is 11.1. The van der Waals surface area contributed by atoms with E-state index in [1.165, 1.54) is 54.8 Å². The molecule has 7 aromatic carbocycles. The first-order valence-corrected chi connectivity index (χ1v) is 14.6. The van der Waals surface area contributed by atoms with E-state index in [0.29, 0.717) is 0 Å². The van der Waals surface area contributed by atoms with Crippen LogP contribution in [0.15, 0.2) is 146 Å². The van der Waals surface area contributed by atoms with Crippen LogP contribution < -0.4 is 0 Å². The summed E-state index contributed by atoms with van der Waals surface area (Å²) in [6.45, 7) is 0. The summed E-state index contributed by atoms with van der Waals surface area (Å²) in [5, 5.41) is 7.27. The van der Waals surface area contributed by atoms with Gasteiger partial charge in [-0.15, -0.1) is 7.05 Å². The molecule has 0 aliphatic carbocycles. The Bertz CT molecular complexity index is 2500. The standard InChI is InChI=1S/C40H26N3.Bk/c1-42-39-34-17-8-6-14-31(34)30-13-5-7-16-33(30)38(39)41-40(42)27-21-19-26(20-22-27)28-23-24-37-35(25-28)32-15-9-10-18-36(32)43(37)29-11-3-2-4-12-29;/h2-25H,1H2;/q-1;. The molecule has 2 aromatic heterocycles. The molecule has 211 valence electrons. The van der Waals surface area contributed by atoms with Crippen molar-refractivity contribution < 1.29 is 0 Å². The molecule has 0 saturated heterocycles. The maximum absolute atomic E-state index is 5.17. The summed E-state index contributed by atoms with van der Waals surface area (Å²) in [6.07, 6.45) is 0. The van der Waals surface area contributed by atoms with E-state index in [1.807, 2.05) is 4.57 Å². The Labute approximate surface area is 248 Å². The van der Waals surface area contributed by atoms with Crippen LogP contribution in [-0.4, -0.2) is 14.1 Å². The topological polar surface area (TPSA) is 22.8 Å². The van der Waals surface area contributed by atoms with Gasteiger partial charge in [-0.25, -0.2) is 0 Å². The van der Waals surface area contributed by atoms with E-state index >= 15 is 0 Å². The summed E-state index contributed by atoms with van der Waals surface area (Å²) in [5.74, 6) is 0.865. The summed E-state index contributed by atoms with van der Waals surface area (Å²) in [7, 11) is 4.46. The minimum Gasteiger partial charge on any atom is -0.464 e. The normalized spacial score (nSPS) is 11.5. The Balaban J connectivity index is 0.00000289. The Morgan fingerprint density at radius 1 is 0.455 bits per heavy atom. The molecule has 0 amide bonds. The summed E-state index contributed by atoms with van der Waals surface area (Å²) in [6, 6.07) is 51.8. The summed E-state index contributed by atoms with van der Waals surface area (Å²) in [4.78, 5) is 5.17. The number of imidazole rings is 1. The molecule has 9 rings (SSSR count). The maximum Gasteiger partial charge on any atom is 0.0541 e. The minimum absolute atomic E-state index is 0. The fourth-order valence-electron chi connectivity index (χ4n) is 6.80. The number of nitrogens with zero attached hydrogens (tertiary/aromatic N) is 3. The maximum atomic E-state index is 5.17. The van der Waals surface area contributed by atoms with Gasteiger partial charge in [-0.1, -0.05) is 115 Å². The molecule has 0 spiro atoms. The van der Waals surface area contributed by atoms with Gasteiger partial charge < -0.3 is 14.1 Å². The van der Waals surface area contributed by atoms with Gasteiger partial charge in [-0.3, -0.25) is 0 Å². The van der Waals surface area contributed by atoms with Gasteiger partial charge >= 0.3 is 0 Å². The van der Waals surface area contributed by atoms with Crippen molar-refractivity contribution in [3.05, 3.63) is 153 Å². The Hall–Kier alpha value is -6.80. The molecular formula is C40H26BkN3-. The summed E-state index contributed by atoms with van der Waals surface area (Å²) in [5.41, 5.74) is 9.05. The van der Waals surface area contributed by atoms with Gasteiger partial charge in [-0.2, -0.15) is 0 Å². The van der Waals surface area contributed by atoms with Crippen molar-refractivity contribution in [2.45, 2.75) is 0 Å². The minimum atomic E-state index is 0. The second kappa shape index (κ2) is 9.37. The van der Waals surface area contributed by atoms with Crippen LogP contribution in [0.1, 0.15) is 0 Å². The molecule has 0 unspecified atom stereocenters. The molecule has 44 heavy (non-hydrogen) atoms. The monoisotopic (exact) mass is 795 g/mol. The Morgan fingerprint density at radius 2 is 1.00 bits per heavy atom. The molecule has 9 aromatic rings. The quantitative estimate of drug-likeness (QED) is 0.129. The van der Waals surface area contributed by atoms with Crippen molar-refractivity contribution in [2.24, 2.45) is 0 Å². The van der Waals surface area contributed by atoms with Crippen molar-refractivity contribution in [3.8, 4) is 28.2 Å². The second-order valence-corrected chi connectivity index (χ2v) is 11.1. The number of benzene rings is 7. The number of para-hydroxylation sites is 2. The molecule has 1 radical (unpaired) electrons. The first kappa shape index (κ1) is 25.0. The van der Waals surface area contributed by atoms with E-state index in [4.69, 9.17) is 4.98 Å². The zero-order chi connectivity index (χ0) is 28.5. The van der Waals surface area contributed by atoms with E-state index in [9.17, 15) is 0 Å². The van der Waals surface area contributed by atoms with Crippen LogP contribution in [-0.2, 0) is 0 Å².